The fourth-order valence-corrected chi connectivity index (χ4v) is 4.43. The van der Waals surface area contributed by atoms with Gasteiger partial charge in [-0.1, -0.05) is 85.0 Å². The molecule has 1 unspecified atom stereocenters. The molecule has 0 saturated heterocycles. The summed E-state index contributed by atoms with van der Waals surface area (Å²) in [5.74, 6) is 0. The Balaban J connectivity index is 1.58. The number of hydrogen-bond acceptors (Lipinski definition) is 0. The van der Waals surface area contributed by atoms with Gasteiger partial charge in [-0.15, -0.1) is 0 Å². The van der Waals surface area contributed by atoms with E-state index < -0.39 is 0 Å². The van der Waals surface area contributed by atoms with Crippen LogP contribution in [0.15, 0.2) is 96.1 Å². The van der Waals surface area contributed by atoms with Crippen molar-refractivity contribution < 1.29 is 0 Å². The van der Waals surface area contributed by atoms with Crippen LogP contribution in [0.1, 0.15) is 11.1 Å². The Kier molecular flexibility index (Phi) is 2.37. The second-order valence-corrected chi connectivity index (χ2v) is 6.99. The molecule has 0 aliphatic heterocycles. The molecule has 25 heavy (non-hydrogen) atoms. The minimum Gasteiger partial charge on any atom is -0.0663 e. The van der Waals surface area contributed by atoms with E-state index in [0.717, 1.165) is 0 Å². The molecule has 0 heteroatoms. The van der Waals surface area contributed by atoms with Crippen molar-refractivity contribution in [2.75, 3.05) is 0 Å². The molecule has 4 aliphatic carbocycles. The normalized spacial score (nSPS) is 24.0. The Labute approximate surface area is 146 Å². The number of fused-ring (bicyclic) bond motifs is 6. The Hall–Kier alpha value is -3.12. The first-order valence-corrected chi connectivity index (χ1v) is 8.71. The second-order valence-electron chi connectivity index (χ2n) is 6.99. The highest BCUT2D eigenvalue weighted by Crippen LogP contribution is 2.51. The van der Waals surface area contributed by atoms with Crippen LogP contribution in [-0.2, 0) is 0 Å². The summed E-state index contributed by atoms with van der Waals surface area (Å²) in [6, 6.07) is 17.2. The van der Waals surface area contributed by atoms with Gasteiger partial charge in [0.2, 0.25) is 0 Å². The summed E-state index contributed by atoms with van der Waals surface area (Å²) in [7, 11) is 0. The van der Waals surface area contributed by atoms with E-state index in [1.54, 1.807) is 0 Å². The molecular formula is C25H15. The molecule has 2 aromatic carbocycles. The van der Waals surface area contributed by atoms with Gasteiger partial charge in [-0.3, -0.25) is 0 Å². The van der Waals surface area contributed by atoms with Crippen molar-refractivity contribution >= 4 is 23.3 Å². The fraction of sp³-hybridized carbons (Fsp3) is 0.0400. The molecule has 0 aromatic heterocycles. The Morgan fingerprint density at radius 2 is 1.76 bits per heavy atom. The summed E-state index contributed by atoms with van der Waals surface area (Å²) in [6.07, 6.45) is 19.7. The predicted octanol–water partition coefficient (Wildman–Crippen LogP) is 4.04. The average Bonchev–Trinajstić information content (AvgIpc) is 3.20. The molecule has 0 bridgehead atoms. The molecule has 0 fully saturated rings. The predicted molar refractivity (Wildman–Crippen MR) is 104 cm³/mol. The van der Waals surface area contributed by atoms with Gasteiger partial charge in [0.15, 0.2) is 0 Å². The summed E-state index contributed by atoms with van der Waals surface area (Å²) < 4.78 is 0. The zero-order valence-corrected chi connectivity index (χ0v) is 13.7. The van der Waals surface area contributed by atoms with Crippen LogP contribution in [0.3, 0.4) is 0 Å². The maximum absolute atomic E-state index is 3.60. The largest absolute Gasteiger partial charge is 0.0663 e. The maximum Gasteiger partial charge on any atom is 0.0515 e. The van der Waals surface area contributed by atoms with E-state index in [-0.39, 0.29) is 5.41 Å². The van der Waals surface area contributed by atoms with Gasteiger partial charge in [-0.05, 0) is 56.0 Å². The molecule has 0 saturated carbocycles. The molecule has 4 aliphatic rings. The van der Waals surface area contributed by atoms with Gasteiger partial charge >= 0.3 is 0 Å². The van der Waals surface area contributed by atoms with Gasteiger partial charge in [0, 0.05) is 0 Å². The van der Waals surface area contributed by atoms with E-state index >= 15 is 0 Å². The third kappa shape index (κ3) is 1.66. The van der Waals surface area contributed by atoms with E-state index in [0.29, 0.717) is 0 Å². The van der Waals surface area contributed by atoms with Crippen LogP contribution in [0, 0.1) is 5.41 Å². The number of rotatable bonds is 0. The van der Waals surface area contributed by atoms with Gasteiger partial charge in [-0.25, -0.2) is 0 Å². The Bertz CT molecular complexity index is 1220. The standard InChI is InChI=1S/C25H15/c1-3-8-20-17(6-1)14-19-16-25(13-11-22(19)20)12-5-10-23-21-9-4-2-7-18(21)15-24(23)25/h1-13,15-16H. The van der Waals surface area contributed by atoms with Crippen LogP contribution in [0.25, 0.3) is 23.3 Å². The lowest BCUT2D eigenvalue weighted by Crippen LogP contribution is -2.23. The number of allylic oxidation sites excluding steroid dienone is 9. The van der Waals surface area contributed by atoms with E-state index in [4.69, 9.17) is 0 Å². The average molecular weight is 315 g/mol. The van der Waals surface area contributed by atoms with Gasteiger partial charge in [0.05, 0.1) is 5.41 Å². The van der Waals surface area contributed by atoms with Crippen LogP contribution in [-0.4, -0.2) is 0 Å². The summed E-state index contributed by atoms with van der Waals surface area (Å²) in [5.41, 5.74) is 7.71. The monoisotopic (exact) mass is 315 g/mol. The smallest absolute Gasteiger partial charge is 0.0515 e. The first kappa shape index (κ1) is 13.2. The van der Waals surface area contributed by atoms with Crippen molar-refractivity contribution in [3.8, 4) is 0 Å². The van der Waals surface area contributed by atoms with Crippen molar-refractivity contribution in [3.63, 3.8) is 0 Å². The first-order valence-electron chi connectivity index (χ1n) is 8.71. The molecule has 1 radical (unpaired) electrons. The topological polar surface area (TPSA) is 0 Å². The van der Waals surface area contributed by atoms with Gasteiger partial charge in [0.1, 0.15) is 0 Å². The third-order valence-electron chi connectivity index (χ3n) is 5.63. The quantitative estimate of drug-likeness (QED) is 0.688. The van der Waals surface area contributed by atoms with Crippen molar-refractivity contribution in [2.24, 2.45) is 5.41 Å². The first-order chi connectivity index (χ1) is 12.3. The van der Waals surface area contributed by atoms with Crippen molar-refractivity contribution in [1.82, 2.24) is 0 Å². The SMILES string of the molecule is [C]1=c2ccccc2=C2C=CC3(C=CC=C4C3=Cc3ccccc34)C=C12. The van der Waals surface area contributed by atoms with Crippen LogP contribution in [0.5, 0.6) is 0 Å². The zero-order valence-electron chi connectivity index (χ0n) is 13.7. The summed E-state index contributed by atoms with van der Waals surface area (Å²) in [6.45, 7) is 0. The van der Waals surface area contributed by atoms with Crippen LogP contribution in [0.2, 0.25) is 0 Å². The van der Waals surface area contributed by atoms with Crippen LogP contribution >= 0.6 is 0 Å². The molecule has 115 valence electrons. The highest BCUT2D eigenvalue weighted by Gasteiger charge is 2.37. The minimum absolute atomic E-state index is 0.170. The molecule has 1 spiro atoms. The van der Waals surface area contributed by atoms with Gasteiger partial charge < -0.3 is 0 Å². The Morgan fingerprint density at radius 3 is 2.76 bits per heavy atom. The molecule has 0 N–H and O–H groups in total. The van der Waals surface area contributed by atoms with Crippen LogP contribution < -0.4 is 10.4 Å². The molecule has 0 heterocycles. The second kappa shape index (κ2) is 4.49. The zero-order chi connectivity index (χ0) is 16.4. The maximum atomic E-state index is 3.60. The molecule has 1 atom stereocenters. The van der Waals surface area contributed by atoms with E-state index in [1.807, 2.05) is 0 Å². The molecular weight excluding hydrogens is 300 g/mol. The lowest BCUT2D eigenvalue weighted by molar-refractivity contribution is 0.778. The summed E-state index contributed by atoms with van der Waals surface area (Å²) >= 11 is 0. The fourth-order valence-electron chi connectivity index (χ4n) is 4.43. The highest BCUT2D eigenvalue weighted by molar-refractivity contribution is 6.00. The highest BCUT2D eigenvalue weighted by atomic mass is 14.4. The number of benzene rings is 2. The van der Waals surface area contributed by atoms with E-state index in [2.05, 4.69) is 97.1 Å². The minimum atomic E-state index is -0.170. The van der Waals surface area contributed by atoms with Crippen molar-refractivity contribution in [1.29, 1.82) is 0 Å². The van der Waals surface area contributed by atoms with Crippen molar-refractivity contribution in [3.05, 3.63) is 118 Å². The van der Waals surface area contributed by atoms with Crippen LogP contribution in [0.4, 0.5) is 0 Å². The summed E-state index contributed by atoms with van der Waals surface area (Å²) in [4.78, 5) is 0. The molecule has 0 nitrogen and oxygen atoms in total. The lowest BCUT2D eigenvalue weighted by atomic mass is 9.70. The number of hydrogen-bond donors (Lipinski definition) is 0. The van der Waals surface area contributed by atoms with E-state index in [1.165, 1.54) is 43.9 Å². The molecule has 2 aromatic rings. The van der Waals surface area contributed by atoms with Gasteiger partial charge in [0.25, 0.3) is 0 Å². The summed E-state index contributed by atoms with van der Waals surface area (Å²) in [5, 5.41) is 2.49. The third-order valence-corrected chi connectivity index (χ3v) is 5.63. The van der Waals surface area contributed by atoms with Gasteiger partial charge in [-0.2, -0.15) is 0 Å². The molecule has 0 amide bonds. The van der Waals surface area contributed by atoms with Crippen molar-refractivity contribution in [2.45, 2.75) is 0 Å². The van der Waals surface area contributed by atoms with E-state index in [9.17, 15) is 0 Å². The lowest BCUT2D eigenvalue weighted by Gasteiger charge is -2.32. The molecule has 6 rings (SSSR count). The Morgan fingerprint density at radius 1 is 0.880 bits per heavy atom.